The first-order valence-electron chi connectivity index (χ1n) is 11.7. The number of carbonyl (C=O) groups excluding carboxylic acids is 2. The van der Waals surface area contributed by atoms with E-state index >= 15 is 0 Å². The molecule has 0 spiro atoms. The van der Waals surface area contributed by atoms with E-state index in [0.717, 1.165) is 24.6 Å². The molecule has 0 amide bonds. The van der Waals surface area contributed by atoms with Crippen LogP contribution in [0, 0.1) is 5.92 Å². The van der Waals surface area contributed by atoms with Gasteiger partial charge in [-0.15, -0.1) is 0 Å². The summed E-state index contributed by atoms with van der Waals surface area (Å²) in [6.07, 6.45) is 12.0. The van der Waals surface area contributed by atoms with E-state index < -0.39 is 5.97 Å². The van der Waals surface area contributed by atoms with Crippen molar-refractivity contribution in [2.45, 2.75) is 85.0 Å². The summed E-state index contributed by atoms with van der Waals surface area (Å²) >= 11 is 0. The fourth-order valence-corrected chi connectivity index (χ4v) is 3.24. The Kier molecular flexibility index (Phi) is 14.5. The van der Waals surface area contributed by atoms with Crippen molar-refractivity contribution in [3.8, 4) is 0 Å². The molecule has 30 heavy (non-hydrogen) atoms. The first kappa shape index (κ1) is 26.0. The lowest BCUT2D eigenvalue weighted by Gasteiger charge is -2.08. The summed E-state index contributed by atoms with van der Waals surface area (Å²) < 4.78 is 9.90. The topological polar surface area (TPSA) is 64.6 Å². The number of hydrogen-bond donors (Lipinski definition) is 1. The fraction of sp³-hybridized carbons (Fsp3) is 0.680. The average molecular weight is 420 g/mol. The lowest BCUT2D eigenvalue weighted by Crippen LogP contribution is -2.12. The molecular weight excluding hydrogens is 378 g/mol. The molecule has 5 nitrogen and oxygen atoms in total. The molecule has 0 radical (unpaired) electrons. The van der Waals surface area contributed by atoms with E-state index in [1.165, 1.54) is 51.4 Å². The molecule has 0 unspecified atom stereocenters. The second kappa shape index (κ2) is 16.7. The van der Waals surface area contributed by atoms with E-state index in [4.69, 9.17) is 9.47 Å². The lowest BCUT2D eigenvalue weighted by atomic mass is 10.0. The molecule has 0 fully saturated rings. The zero-order valence-electron chi connectivity index (χ0n) is 19.2. The maximum absolute atomic E-state index is 12.0. The Bertz CT molecular complexity index is 583. The molecule has 0 saturated heterocycles. The van der Waals surface area contributed by atoms with Crippen LogP contribution in [0.1, 0.15) is 95.3 Å². The monoisotopic (exact) mass is 419 g/mol. The SMILES string of the molecule is CCOC(=O)CCOC(=O)c1ccc(NCCCCCCCCCCC(C)C)cc1. The predicted molar refractivity (Wildman–Crippen MR) is 123 cm³/mol. The molecule has 0 bridgehead atoms. The largest absolute Gasteiger partial charge is 0.466 e. The number of ether oxygens (including phenoxy) is 2. The molecule has 5 heteroatoms. The van der Waals surface area contributed by atoms with E-state index in [9.17, 15) is 9.59 Å². The van der Waals surface area contributed by atoms with Crippen molar-refractivity contribution in [2.75, 3.05) is 25.1 Å². The van der Waals surface area contributed by atoms with Crippen LogP contribution < -0.4 is 5.32 Å². The smallest absolute Gasteiger partial charge is 0.338 e. The molecule has 0 aliphatic rings. The Morgan fingerprint density at radius 1 is 0.867 bits per heavy atom. The van der Waals surface area contributed by atoms with Gasteiger partial charge in [0.25, 0.3) is 0 Å². The predicted octanol–water partition coefficient (Wildman–Crippen LogP) is 6.38. The number of anilines is 1. The number of rotatable bonds is 17. The summed E-state index contributed by atoms with van der Waals surface area (Å²) in [5.74, 6) is 0.0619. The van der Waals surface area contributed by atoms with Crippen molar-refractivity contribution in [1.29, 1.82) is 0 Å². The maximum atomic E-state index is 12.0. The molecule has 0 aliphatic carbocycles. The number of carbonyl (C=O) groups is 2. The van der Waals surface area contributed by atoms with Gasteiger partial charge in [-0.25, -0.2) is 4.79 Å². The van der Waals surface area contributed by atoms with E-state index in [2.05, 4.69) is 19.2 Å². The van der Waals surface area contributed by atoms with Gasteiger partial charge < -0.3 is 14.8 Å². The van der Waals surface area contributed by atoms with Crippen LogP contribution in [0.5, 0.6) is 0 Å². The first-order chi connectivity index (χ1) is 14.5. The third kappa shape index (κ3) is 13.2. The van der Waals surface area contributed by atoms with Crippen molar-refractivity contribution in [2.24, 2.45) is 5.92 Å². The van der Waals surface area contributed by atoms with E-state index in [1.54, 1.807) is 19.1 Å². The highest BCUT2D eigenvalue weighted by molar-refractivity contribution is 5.90. The first-order valence-corrected chi connectivity index (χ1v) is 11.7. The van der Waals surface area contributed by atoms with Crippen molar-refractivity contribution < 1.29 is 19.1 Å². The van der Waals surface area contributed by atoms with Gasteiger partial charge in [-0.1, -0.05) is 65.2 Å². The third-order valence-corrected chi connectivity index (χ3v) is 5.00. The van der Waals surface area contributed by atoms with Crippen LogP contribution in [0.2, 0.25) is 0 Å². The molecule has 1 rings (SSSR count). The van der Waals surface area contributed by atoms with Gasteiger partial charge in [0.1, 0.15) is 6.61 Å². The highest BCUT2D eigenvalue weighted by atomic mass is 16.5. The van der Waals surface area contributed by atoms with Crippen LogP contribution in [-0.2, 0) is 14.3 Å². The van der Waals surface area contributed by atoms with E-state index in [-0.39, 0.29) is 19.0 Å². The Labute approximate surface area is 182 Å². The minimum atomic E-state index is -0.421. The third-order valence-electron chi connectivity index (χ3n) is 5.00. The molecule has 1 aromatic rings. The number of unbranched alkanes of at least 4 members (excludes halogenated alkanes) is 7. The highest BCUT2D eigenvalue weighted by Crippen LogP contribution is 2.14. The summed E-state index contributed by atoms with van der Waals surface area (Å²) in [6, 6.07) is 7.26. The van der Waals surface area contributed by atoms with Crippen LogP contribution in [0.3, 0.4) is 0 Å². The minimum Gasteiger partial charge on any atom is -0.466 e. The summed E-state index contributed by atoms with van der Waals surface area (Å²) in [7, 11) is 0. The Hall–Kier alpha value is -2.04. The molecule has 0 heterocycles. The van der Waals surface area contributed by atoms with Crippen molar-refractivity contribution in [3.63, 3.8) is 0 Å². The summed E-state index contributed by atoms with van der Waals surface area (Å²) in [4.78, 5) is 23.2. The summed E-state index contributed by atoms with van der Waals surface area (Å²) in [6.45, 7) is 7.66. The standard InChI is InChI=1S/C25H41NO4/c1-4-29-24(27)18-20-30-25(28)22-14-16-23(17-15-22)26-19-12-10-8-6-5-7-9-11-13-21(2)3/h14-17,21,26H,4-13,18-20H2,1-3H3. The lowest BCUT2D eigenvalue weighted by molar-refractivity contribution is -0.143. The summed E-state index contributed by atoms with van der Waals surface area (Å²) in [5, 5.41) is 3.40. The van der Waals surface area contributed by atoms with Gasteiger partial charge in [-0.2, -0.15) is 0 Å². The number of benzene rings is 1. The molecule has 170 valence electrons. The molecule has 1 N–H and O–H groups in total. The van der Waals surface area contributed by atoms with Gasteiger partial charge in [-0.3, -0.25) is 4.79 Å². The second-order valence-corrected chi connectivity index (χ2v) is 8.21. The Morgan fingerprint density at radius 2 is 1.47 bits per heavy atom. The highest BCUT2D eigenvalue weighted by Gasteiger charge is 2.09. The van der Waals surface area contributed by atoms with Crippen molar-refractivity contribution in [3.05, 3.63) is 29.8 Å². The van der Waals surface area contributed by atoms with E-state index in [0.29, 0.717) is 12.2 Å². The number of esters is 2. The van der Waals surface area contributed by atoms with Crippen LogP contribution in [-0.4, -0.2) is 31.7 Å². The minimum absolute atomic E-state index is 0.0373. The molecule has 1 aromatic carbocycles. The van der Waals surface area contributed by atoms with Gasteiger partial charge >= 0.3 is 11.9 Å². The molecular formula is C25H41NO4. The molecule has 0 saturated carbocycles. The van der Waals surface area contributed by atoms with Gasteiger partial charge in [-0.05, 0) is 43.5 Å². The van der Waals surface area contributed by atoms with Crippen LogP contribution in [0.4, 0.5) is 5.69 Å². The quantitative estimate of drug-likeness (QED) is 0.235. The van der Waals surface area contributed by atoms with Gasteiger partial charge in [0.05, 0.1) is 18.6 Å². The van der Waals surface area contributed by atoms with Gasteiger partial charge in [0.2, 0.25) is 0 Å². The van der Waals surface area contributed by atoms with Gasteiger partial charge in [0.15, 0.2) is 0 Å². The summed E-state index contributed by atoms with van der Waals surface area (Å²) in [5.41, 5.74) is 1.49. The molecule has 0 atom stereocenters. The Morgan fingerprint density at radius 3 is 2.07 bits per heavy atom. The van der Waals surface area contributed by atoms with E-state index in [1.807, 2.05) is 12.1 Å². The van der Waals surface area contributed by atoms with Crippen LogP contribution in [0.25, 0.3) is 0 Å². The Balaban J connectivity index is 2.06. The fourth-order valence-electron chi connectivity index (χ4n) is 3.24. The molecule has 0 aromatic heterocycles. The number of nitrogens with one attached hydrogen (secondary N) is 1. The zero-order chi connectivity index (χ0) is 22.0. The van der Waals surface area contributed by atoms with Crippen LogP contribution >= 0.6 is 0 Å². The normalized spacial score (nSPS) is 10.8. The van der Waals surface area contributed by atoms with Gasteiger partial charge in [0, 0.05) is 12.2 Å². The zero-order valence-corrected chi connectivity index (χ0v) is 19.2. The van der Waals surface area contributed by atoms with Crippen molar-refractivity contribution >= 4 is 17.6 Å². The second-order valence-electron chi connectivity index (χ2n) is 8.21. The number of hydrogen-bond acceptors (Lipinski definition) is 5. The average Bonchev–Trinajstić information content (AvgIpc) is 2.72. The maximum Gasteiger partial charge on any atom is 0.338 e. The van der Waals surface area contributed by atoms with Crippen molar-refractivity contribution in [1.82, 2.24) is 0 Å². The molecule has 0 aliphatic heterocycles. The van der Waals surface area contributed by atoms with Crippen LogP contribution in [0.15, 0.2) is 24.3 Å².